The fraction of sp³-hybridized carbons (Fsp3) is 0.316. The zero-order chi connectivity index (χ0) is 18.8. The van der Waals surface area contributed by atoms with Crippen LogP contribution in [0.1, 0.15) is 20.7 Å². The number of ether oxygens (including phenoxy) is 2. The molecule has 2 aliphatic heterocycles. The summed E-state index contributed by atoms with van der Waals surface area (Å²) in [6, 6.07) is 6.75. The van der Waals surface area contributed by atoms with Gasteiger partial charge in [0.1, 0.15) is 0 Å². The number of amides is 2. The fourth-order valence-corrected chi connectivity index (χ4v) is 3.05. The van der Waals surface area contributed by atoms with E-state index < -0.39 is 0 Å². The Balaban J connectivity index is 1.47. The Morgan fingerprint density at radius 1 is 1.00 bits per heavy atom. The Morgan fingerprint density at radius 2 is 1.74 bits per heavy atom. The van der Waals surface area contributed by atoms with Crippen LogP contribution >= 0.6 is 0 Å². The van der Waals surface area contributed by atoms with Crippen molar-refractivity contribution in [2.45, 2.75) is 0 Å². The van der Waals surface area contributed by atoms with Crippen LogP contribution in [0.4, 0.5) is 5.69 Å². The van der Waals surface area contributed by atoms with Crippen LogP contribution in [-0.2, 0) is 0 Å². The number of rotatable bonds is 3. The lowest BCUT2D eigenvalue weighted by Gasteiger charge is -2.32. The number of likely N-dealkylation sites (N-methyl/N-ethyl adjacent to an activating group) is 1. The zero-order valence-electron chi connectivity index (χ0n) is 15.0. The molecular formula is C19H20N4O4. The number of hydrogen-bond donors (Lipinski definition) is 1. The van der Waals surface area contributed by atoms with E-state index >= 15 is 0 Å². The molecule has 0 atom stereocenters. The van der Waals surface area contributed by atoms with Gasteiger partial charge < -0.3 is 24.6 Å². The van der Waals surface area contributed by atoms with E-state index in [0.717, 1.165) is 13.1 Å². The number of carbonyl (C=O) groups is 2. The molecule has 2 aromatic rings. The maximum absolute atomic E-state index is 12.7. The van der Waals surface area contributed by atoms with Crippen LogP contribution in [0.15, 0.2) is 36.7 Å². The van der Waals surface area contributed by atoms with Gasteiger partial charge in [0.2, 0.25) is 6.79 Å². The van der Waals surface area contributed by atoms with Crippen molar-refractivity contribution in [3.05, 3.63) is 47.8 Å². The molecule has 8 heteroatoms. The number of hydrogen-bond acceptors (Lipinski definition) is 6. The molecule has 4 rings (SSSR count). The standard InChI is InChI=1S/C19H20N4O4/c1-22-4-6-23(7-5-22)19(25)14-8-13(10-20-11-14)18(24)21-15-2-3-16-17(9-15)27-12-26-16/h2-3,8-11H,4-7,12H2,1H3,(H,21,24). The Morgan fingerprint density at radius 3 is 2.56 bits per heavy atom. The summed E-state index contributed by atoms with van der Waals surface area (Å²) in [5, 5.41) is 2.79. The van der Waals surface area contributed by atoms with E-state index in [2.05, 4.69) is 15.2 Å². The highest BCUT2D eigenvalue weighted by atomic mass is 16.7. The molecule has 140 valence electrons. The molecule has 0 spiro atoms. The molecule has 2 amide bonds. The van der Waals surface area contributed by atoms with Crippen molar-refractivity contribution in [2.24, 2.45) is 0 Å². The summed E-state index contributed by atoms with van der Waals surface area (Å²) in [5.41, 5.74) is 1.32. The highest BCUT2D eigenvalue weighted by Gasteiger charge is 2.22. The number of nitrogens with zero attached hydrogens (tertiary/aromatic N) is 3. The highest BCUT2D eigenvalue weighted by Crippen LogP contribution is 2.34. The molecule has 0 bridgehead atoms. The van der Waals surface area contributed by atoms with E-state index in [0.29, 0.717) is 41.4 Å². The van der Waals surface area contributed by atoms with Gasteiger partial charge in [-0.05, 0) is 25.2 Å². The average molecular weight is 368 g/mol. The molecule has 1 aromatic heterocycles. The Kier molecular flexibility index (Phi) is 4.64. The minimum Gasteiger partial charge on any atom is -0.454 e. The fourth-order valence-electron chi connectivity index (χ4n) is 3.05. The molecule has 27 heavy (non-hydrogen) atoms. The van der Waals surface area contributed by atoms with E-state index in [9.17, 15) is 9.59 Å². The van der Waals surface area contributed by atoms with Crippen molar-refractivity contribution in [1.82, 2.24) is 14.8 Å². The second-order valence-electron chi connectivity index (χ2n) is 6.58. The third kappa shape index (κ3) is 3.70. The molecule has 0 saturated carbocycles. The van der Waals surface area contributed by atoms with Gasteiger partial charge in [-0.3, -0.25) is 14.6 Å². The quantitative estimate of drug-likeness (QED) is 0.883. The van der Waals surface area contributed by atoms with Gasteiger partial charge in [0.15, 0.2) is 11.5 Å². The summed E-state index contributed by atoms with van der Waals surface area (Å²) in [4.78, 5) is 33.3. The van der Waals surface area contributed by atoms with E-state index in [1.807, 2.05) is 7.05 Å². The number of carbonyl (C=O) groups excluding carboxylic acids is 2. The normalized spacial score (nSPS) is 16.3. The van der Waals surface area contributed by atoms with Crippen molar-refractivity contribution in [3.8, 4) is 11.5 Å². The second kappa shape index (κ2) is 7.24. The number of benzene rings is 1. The van der Waals surface area contributed by atoms with Gasteiger partial charge in [-0.15, -0.1) is 0 Å². The average Bonchev–Trinajstić information content (AvgIpc) is 3.16. The lowest BCUT2D eigenvalue weighted by atomic mass is 10.1. The molecule has 0 radical (unpaired) electrons. The summed E-state index contributed by atoms with van der Waals surface area (Å²) >= 11 is 0. The summed E-state index contributed by atoms with van der Waals surface area (Å²) in [5.74, 6) is 0.794. The lowest BCUT2D eigenvalue weighted by molar-refractivity contribution is 0.0663. The first-order chi connectivity index (χ1) is 13.1. The molecule has 0 unspecified atom stereocenters. The van der Waals surface area contributed by atoms with E-state index in [4.69, 9.17) is 9.47 Å². The molecule has 0 aliphatic carbocycles. The van der Waals surface area contributed by atoms with E-state index in [1.54, 1.807) is 29.2 Å². The van der Waals surface area contributed by atoms with Crippen LogP contribution in [0.25, 0.3) is 0 Å². The Labute approximate surface area is 156 Å². The molecular weight excluding hydrogens is 348 g/mol. The van der Waals surface area contributed by atoms with Gasteiger partial charge in [0, 0.05) is 50.3 Å². The summed E-state index contributed by atoms with van der Waals surface area (Å²) < 4.78 is 10.6. The Hall–Kier alpha value is -3.13. The third-order valence-electron chi connectivity index (χ3n) is 4.67. The van der Waals surface area contributed by atoms with Crippen molar-refractivity contribution in [2.75, 3.05) is 45.3 Å². The third-order valence-corrected chi connectivity index (χ3v) is 4.67. The van der Waals surface area contributed by atoms with E-state index in [1.165, 1.54) is 12.4 Å². The number of pyridine rings is 1. The minimum atomic E-state index is -0.339. The van der Waals surface area contributed by atoms with Gasteiger partial charge in [-0.2, -0.15) is 0 Å². The topological polar surface area (TPSA) is 84.0 Å². The van der Waals surface area contributed by atoms with Crippen molar-refractivity contribution in [3.63, 3.8) is 0 Å². The number of nitrogens with one attached hydrogen (secondary N) is 1. The molecule has 1 saturated heterocycles. The van der Waals surface area contributed by atoms with Crippen molar-refractivity contribution in [1.29, 1.82) is 0 Å². The van der Waals surface area contributed by atoms with Crippen LogP contribution in [0, 0.1) is 0 Å². The molecule has 3 heterocycles. The maximum Gasteiger partial charge on any atom is 0.257 e. The highest BCUT2D eigenvalue weighted by molar-refractivity contribution is 6.06. The Bertz CT molecular complexity index is 878. The SMILES string of the molecule is CN1CCN(C(=O)c2cncc(C(=O)Nc3ccc4c(c3)OCO4)c2)CC1. The van der Waals surface area contributed by atoms with Gasteiger partial charge in [-0.25, -0.2) is 0 Å². The van der Waals surface area contributed by atoms with Crippen LogP contribution in [0.5, 0.6) is 11.5 Å². The first-order valence-electron chi connectivity index (χ1n) is 8.74. The van der Waals surface area contributed by atoms with Crippen LogP contribution in [0.2, 0.25) is 0 Å². The van der Waals surface area contributed by atoms with E-state index in [-0.39, 0.29) is 18.6 Å². The molecule has 1 aromatic carbocycles. The minimum absolute atomic E-state index is 0.103. The zero-order valence-corrected chi connectivity index (χ0v) is 15.0. The van der Waals surface area contributed by atoms with Gasteiger partial charge in [-0.1, -0.05) is 0 Å². The smallest absolute Gasteiger partial charge is 0.257 e. The summed E-state index contributed by atoms with van der Waals surface area (Å²) in [6.07, 6.45) is 2.95. The maximum atomic E-state index is 12.7. The van der Waals surface area contributed by atoms with Gasteiger partial charge in [0.05, 0.1) is 11.1 Å². The summed E-state index contributed by atoms with van der Waals surface area (Å²) in [7, 11) is 2.03. The van der Waals surface area contributed by atoms with Crippen LogP contribution < -0.4 is 14.8 Å². The van der Waals surface area contributed by atoms with Gasteiger partial charge >= 0.3 is 0 Å². The molecule has 1 N–H and O–H groups in total. The first-order valence-corrected chi connectivity index (χ1v) is 8.74. The molecule has 1 fully saturated rings. The monoisotopic (exact) mass is 368 g/mol. The number of piperazine rings is 1. The second-order valence-corrected chi connectivity index (χ2v) is 6.58. The largest absolute Gasteiger partial charge is 0.454 e. The van der Waals surface area contributed by atoms with Crippen molar-refractivity contribution < 1.29 is 19.1 Å². The predicted molar refractivity (Wildman–Crippen MR) is 98.2 cm³/mol. The number of fused-ring (bicyclic) bond motifs is 1. The predicted octanol–water partition coefficient (Wildman–Crippen LogP) is 1.45. The first kappa shape index (κ1) is 17.3. The van der Waals surface area contributed by atoms with Crippen molar-refractivity contribution >= 4 is 17.5 Å². The summed E-state index contributed by atoms with van der Waals surface area (Å²) in [6.45, 7) is 3.19. The lowest BCUT2D eigenvalue weighted by Crippen LogP contribution is -2.47. The van der Waals surface area contributed by atoms with Crippen LogP contribution in [0.3, 0.4) is 0 Å². The van der Waals surface area contributed by atoms with Crippen LogP contribution in [-0.4, -0.2) is 66.6 Å². The number of aromatic nitrogens is 1. The molecule has 8 nitrogen and oxygen atoms in total. The molecule has 2 aliphatic rings. The van der Waals surface area contributed by atoms with Gasteiger partial charge in [0.25, 0.3) is 11.8 Å². The number of anilines is 1.